The first-order chi connectivity index (χ1) is 10.9. The van der Waals surface area contributed by atoms with Crippen LogP contribution in [0.5, 0.6) is 0 Å². The zero-order valence-electron chi connectivity index (χ0n) is 15.6. The summed E-state index contributed by atoms with van der Waals surface area (Å²) in [7, 11) is 0. The Labute approximate surface area is 142 Å². The van der Waals surface area contributed by atoms with E-state index in [1.165, 1.54) is 32.1 Å². The number of amides is 1. The SMILES string of the molecule is CCC1CCC(NCCCN(C(=O)OC(C)(C)C)C2CC2)CC1. The molecule has 134 valence electrons. The van der Waals surface area contributed by atoms with Gasteiger partial charge in [0, 0.05) is 18.6 Å². The Morgan fingerprint density at radius 2 is 1.78 bits per heavy atom. The minimum Gasteiger partial charge on any atom is -0.444 e. The van der Waals surface area contributed by atoms with Gasteiger partial charge >= 0.3 is 6.09 Å². The molecular formula is C19H36N2O2. The molecule has 1 N–H and O–H groups in total. The van der Waals surface area contributed by atoms with Gasteiger partial charge in [-0.15, -0.1) is 0 Å². The van der Waals surface area contributed by atoms with Crippen LogP contribution in [-0.4, -0.2) is 41.8 Å². The maximum Gasteiger partial charge on any atom is 0.410 e. The Balaban J connectivity index is 1.64. The van der Waals surface area contributed by atoms with Crippen molar-refractivity contribution in [1.82, 2.24) is 10.2 Å². The van der Waals surface area contributed by atoms with Gasteiger partial charge in [-0.1, -0.05) is 13.3 Å². The maximum atomic E-state index is 12.3. The van der Waals surface area contributed by atoms with Crippen molar-refractivity contribution in [3.05, 3.63) is 0 Å². The molecule has 4 nitrogen and oxygen atoms in total. The Kier molecular flexibility index (Phi) is 6.75. The lowest BCUT2D eigenvalue weighted by atomic mass is 9.84. The zero-order valence-corrected chi connectivity index (χ0v) is 15.6. The Bertz CT molecular complexity index is 366. The normalized spacial score (nSPS) is 25.2. The molecule has 2 fully saturated rings. The van der Waals surface area contributed by atoms with Crippen LogP contribution in [0.25, 0.3) is 0 Å². The quantitative estimate of drug-likeness (QED) is 0.709. The molecule has 2 aliphatic carbocycles. The molecule has 23 heavy (non-hydrogen) atoms. The summed E-state index contributed by atoms with van der Waals surface area (Å²) < 4.78 is 5.54. The fourth-order valence-corrected chi connectivity index (χ4v) is 3.46. The first-order valence-electron chi connectivity index (χ1n) is 9.62. The molecule has 0 aromatic heterocycles. The van der Waals surface area contributed by atoms with Crippen molar-refractivity contribution < 1.29 is 9.53 Å². The van der Waals surface area contributed by atoms with E-state index in [0.717, 1.165) is 38.3 Å². The molecular weight excluding hydrogens is 288 g/mol. The first-order valence-corrected chi connectivity index (χ1v) is 9.62. The van der Waals surface area contributed by atoms with Crippen molar-refractivity contribution in [3.8, 4) is 0 Å². The van der Waals surface area contributed by atoms with Gasteiger partial charge in [0.05, 0.1) is 0 Å². The van der Waals surface area contributed by atoms with Gasteiger partial charge in [-0.2, -0.15) is 0 Å². The number of carbonyl (C=O) groups is 1. The van der Waals surface area contributed by atoms with E-state index < -0.39 is 5.60 Å². The average molecular weight is 325 g/mol. The Morgan fingerprint density at radius 3 is 2.30 bits per heavy atom. The number of carbonyl (C=O) groups excluding carboxylic acids is 1. The van der Waals surface area contributed by atoms with Gasteiger partial charge in [0.1, 0.15) is 5.60 Å². The highest BCUT2D eigenvalue weighted by molar-refractivity contribution is 5.69. The highest BCUT2D eigenvalue weighted by atomic mass is 16.6. The summed E-state index contributed by atoms with van der Waals surface area (Å²) in [6, 6.07) is 1.11. The number of ether oxygens (including phenoxy) is 1. The molecule has 0 atom stereocenters. The summed E-state index contributed by atoms with van der Waals surface area (Å²) in [4.78, 5) is 14.2. The van der Waals surface area contributed by atoms with Crippen molar-refractivity contribution in [2.24, 2.45) is 5.92 Å². The molecule has 0 aliphatic heterocycles. The molecule has 0 spiro atoms. The van der Waals surface area contributed by atoms with Gasteiger partial charge in [-0.25, -0.2) is 4.79 Å². The molecule has 2 rings (SSSR count). The van der Waals surface area contributed by atoms with E-state index in [1.807, 2.05) is 25.7 Å². The molecule has 4 heteroatoms. The number of hydrogen-bond donors (Lipinski definition) is 1. The fourth-order valence-electron chi connectivity index (χ4n) is 3.46. The summed E-state index contributed by atoms with van der Waals surface area (Å²) in [5, 5.41) is 3.69. The third kappa shape index (κ3) is 6.70. The topological polar surface area (TPSA) is 41.6 Å². The second-order valence-corrected chi connectivity index (χ2v) is 8.34. The van der Waals surface area contributed by atoms with Gasteiger partial charge in [0.25, 0.3) is 0 Å². The molecule has 0 aromatic rings. The minimum absolute atomic E-state index is 0.136. The van der Waals surface area contributed by atoms with Gasteiger partial charge in [-0.05, 0) is 78.2 Å². The van der Waals surface area contributed by atoms with Crippen LogP contribution >= 0.6 is 0 Å². The number of nitrogens with zero attached hydrogens (tertiary/aromatic N) is 1. The van der Waals surface area contributed by atoms with E-state index in [2.05, 4.69) is 12.2 Å². The molecule has 0 heterocycles. The van der Waals surface area contributed by atoms with Crippen molar-refractivity contribution in [2.45, 2.75) is 96.7 Å². The summed E-state index contributed by atoms with van der Waals surface area (Å²) in [6.07, 6.45) is 9.86. The monoisotopic (exact) mass is 324 g/mol. The average Bonchev–Trinajstić information content (AvgIpc) is 3.30. The van der Waals surface area contributed by atoms with E-state index >= 15 is 0 Å². The van der Waals surface area contributed by atoms with E-state index in [-0.39, 0.29) is 6.09 Å². The molecule has 0 aromatic carbocycles. The van der Waals surface area contributed by atoms with Crippen LogP contribution in [0.2, 0.25) is 0 Å². The summed E-state index contributed by atoms with van der Waals surface area (Å²) in [5.74, 6) is 0.950. The lowest BCUT2D eigenvalue weighted by molar-refractivity contribution is 0.0231. The van der Waals surface area contributed by atoms with E-state index in [4.69, 9.17) is 4.74 Å². The molecule has 0 saturated heterocycles. The number of hydrogen-bond acceptors (Lipinski definition) is 3. The van der Waals surface area contributed by atoms with Crippen molar-refractivity contribution >= 4 is 6.09 Å². The van der Waals surface area contributed by atoms with Crippen LogP contribution in [0.1, 0.15) is 79.1 Å². The summed E-state index contributed by atoms with van der Waals surface area (Å²) in [6.45, 7) is 9.93. The van der Waals surface area contributed by atoms with Gasteiger partial charge in [0.2, 0.25) is 0 Å². The van der Waals surface area contributed by atoms with Crippen molar-refractivity contribution in [2.75, 3.05) is 13.1 Å². The number of nitrogens with one attached hydrogen (secondary N) is 1. The van der Waals surface area contributed by atoms with Gasteiger partial charge < -0.3 is 15.0 Å². The van der Waals surface area contributed by atoms with E-state index in [9.17, 15) is 4.79 Å². The lowest BCUT2D eigenvalue weighted by Crippen LogP contribution is -2.40. The van der Waals surface area contributed by atoms with Gasteiger partial charge in [-0.3, -0.25) is 0 Å². The highest BCUT2D eigenvalue weighted by Crippen LogP contribution is 2.29. The van der Waals surface area contributed by atoms with Crippen LogP contribution in [0.15, 0.2) is 0 Å². The van der Waals surface area contributed by atoms with Crippen LogP contribution in [0, 0.1) is 5.92 Å². The van der Waals surface area contributed by atoms with Crippen molar-refractivity contribution in [3.63, 3.8) is 0 Å². The van der Waals surface area contributed by atoms with E-state index in [1.54, 1.807) is 0 Å². The van der Waals surface area contributed by atoms with Crippen LogP contribution < -0.4 is 5.32 Å². The zero-order chi connectivity index (χ0) is 16.9. The highest BCUT2D eigenvalue weighted by Gasteiger charge is 2.34. The Hall–Kier alpha value is -0.770. The second-order valence-electron chi connectivity index (χ2n) is 8.34. The third-order valence-electron chi connectivity index (χ3n) is 5.05. The molecule has 2 saturated carbocycles. The minimum atomic E-state index is -0.402. The summed E-state index contributed by atoms with van der Waals surface area (Å²) in [5.41, 5.74) is -0.402. The van der Waals surface area contributed by atoms with Crippen LogP contribution in [0.4, 0.5) is 4.79 Å². The smallest absolute Gasteiger partial charge is 0.410 e. The largest absolute Gasteiger partial charge is 0.444 e. The fraction of sp³-hybridized carbons (Fsp3) is 0.947. The molecule has 0 bridgehead atoms. The van der Waals surface area contributed by atoms with E-state index in [0.29, 0.717) is 12.1 Å². The first kappa shape index (κ1) is 18.6. The standard InChI is InChI=1S/C19H36N2O2/c1-5-15-7-9-16(10-8-15)20-13-6-14-21(17-11-12-17)18(22)23-19(2,3)4/h15-17,20H,5-14H2,1-4H3. The molecule has 0 unspecified atom stereocenters. The predicted octanol–water partition coefficient (Wildman–Crippen LogP) is 4.33. The van der Waals surface area contributed by atoms with Crippen LogP contribution in [-0.2, 0) is 4.74 Å². The summed E-state index contributed by atoms with van der Waals surface area (Å²) >= 11 is 0. The molecule has 0 radical (unpaired) electrons. The molecule has 2 aliphatic rings. The van der Waals surface area contributed by atoms with Crippen LogP contribution in [0.3, 0.4) is 0 Å². The Morgan fingerprint density at radius 1 is 1.13 bits per heavy atom. The maximum absolute atomic E-state index is 12.3. The third-order valence-corrected chi connectivity index (χ3v) is 5.05. The predicted molar refractivity (Wildman–Crippen MR) is 94.6 cm³/mol. The van der Waals surface area contributed by atoms with Crippen molar-refractivity contribution in [1.29, 1.82) is 0 Å². The lowest BCUT2D eigenvalue weighted by Gasteiger charge is -2.29. The second kappa shape index (κ2) is 8.36. The number of rotatable bonds is 7. The van der Waals surface area contributed by atoms with Gasteiger partial charge in [0.15, 0.2) is 0 Å². The molecule has 1 amide bonds.